The van der Waals surface area contributed by atoms with Crippen LogP contribution in [0, 0.1) is 0 Å². The molecule has 0 aromatic rings. The van der Waals surface area contributed by atoms with E-state index in [2.05, 4.69) is 3.24 Å². The topological polar surface area (TPSA) is 49.7 Å². The number of hydrogen-bond acceptors (Lipinski definition) is 3. The Morgan fingerprint density at radius 3 is 2.43 bits per heavy atom. The van der Waals surface area contributed by atoms with Gasteiger partial charge < -0.3 is 0 Å². The fourth-order valence-corrected chi connectivity index (χ4v) is 0.528. The van der Waals surface area contributed by atoms with E-state index >= 15 is 0 Å². The van der Waals surface area contributed by atoms with E-state index in [0.29, 0.717) is 0 Å². The molecule has 0 fully saturated rings. The van der Waals surface area contributed by atoms with Gasteiger partial charge in [-0.2, -0.15) is 0 Å². The van der Waals surface area contributed by atoms with Crippen molar-refractivity contribution in [1.29, 1.82) is 0 Å². The molecule has 0 radical (unpaired) electrons. The molecular formula is C3H7AuO3. The molecule has 0 aromatic carbocycles. The first-order valence-electron chi connectivity index (χ1n) is 1.80. The van der Waals surface area contributed by atoms with Crippen molar-refractivity contribution in [1.82, 2.24) is 0 Å². The van der Waals surface area contributed by atoms with E-state index in [9.17, 15) is 0 Å². The number of rotatable bonds is 3. The van der Waals surface area contributed by atoms with E-state index in [1.807, 2.05) is 21.5 Å². The first kappa shape index (κ1) is 7.62. The van der Waals surface area contributed by atoms with Crippen molar-refractivity contribution in [2.75, 3.05) is 13.2 Å². The zero-order valence-corrected chi connectivity index (χ0v) is 5.76. The van der Waals surface area contributed by atoms with Crippen LogP contribution in [0.15, 0.2) is 0 Å². The molecule has 0 spiro atoms. The molecule has 2 N–H and O–H groups in total. The Bertz CT molecular complexity index is 41.2. The van der Waals surface area contributed by atoms with Gasteiger partial charge in [0.1, 0.15) is 0 Å². The summed E-state index contributed by atoms with van der Waals surface area (Å²) >= 11 is 1.81. The van der Waals surface area contributed by atoms with Gasteiger partial charge in [0, 0.05) is 0 Å². The molecule has 0 saturated heterocycles. The van der Waals surface area contributed by atoms with Gasteiger partial charge >= 0.3 is 54.2 Å². The van der Waals surface area contributed by atoms with Crippen LogP contribution in [0.5, 0.6) is 0 Å². The first-order valence-corrected chi connectivity index (χ1v) is 2.69. The molecule has 0 saturated carbocycles. The summed E-state index contributed by atoms with van der Waals surface area (Å²) in [5.41, 5.74) is 0. The third kappa shape index (κ3) is 4.47. The summed E-state index contributed by atoms with van der Waals surface area (Å²) in [6.07, 6.45) is -0.731. The Balaban J connectivity index is 2.83. The van der Waals surface area contributed by atoms with E-state index in [1.165, 1.54) is 0 Å². The van der Waals surface area contributed by atoms with Crippen LogP contribution in [0.3, 0.4) is 0 Å². The Hall–Kier alpha value is 0.620. The summed E-state index contributed by atoms with van der Waals surface area (Å²) in [7, 11) is 0. The number of aliphatic hydroxyl groups excluding tert-OH is 2. The van der Waals surface area contributed by atoms with Gasteiger partial charge in [0.05, 0.1) is 0 Å². The van der Waals surface area contributed by atoms with Crippen LogP contribution < -0.4 is 0 Å². The average Bonchev–Trinajstić information content (AvgIpc) is 1.68. The summed E-state index contributed by atoms with van der Waals surface area (Å²) in [6.45, 7) is -0.0571. The van der Waals surface area contributed by atoms with Crippen molar-refractivity contribution < 1.29 is 34.9 Å². The summed E-state index contributed by atoms with van der Waals surface area (Å²) < 4.78 is 4.43. The monoisotopic (exact) mass is 288 g/mol. The molecule has 0 amide bonds. The van der Waals surface area contributed by atoms with Crippen LogP contribution in [-0.2, 0) is 24.7 Å². The van der Waals surface area contributed by atoms with Crippen molar-refractivity contribution in [3.8, 4) is 0 Å². The van der Waals surface area contributed by atoms with Gasteiger partial charge in [0.25, 0.3) is 0 Å². The fourth-order valence-electron chi connectivity index (χ4n) is 0.111. The molecule has 0 bridgehead atoms. The quantitative estimate of drug-likeness (QED) is 0.643. The molecule has 0 aliphatic carbocycles. The molecule has 0 aromatic heterocycles. The van der Waals surface area contributed by atoms with E-state index in [-0.39, 0.29) is 13.2 Å². The van der Waals surface area contributed by atoms with Gasteiger partial charge in [0.2, 0.25) is 0 Å². The molecule has 1 unspecified atom stereocenters. The number of hydrogen-bond donors (Lipinski definition) is 2. The molecule has 0 rings (SSSR count). The Morgan fingerprint density at radius 1 is 1.71 bits per heavy atom. The molecule has 3 nitrogen and oxygen atoms in total. The van der Waals surface area contributed by atoms with Gasteiger partial charge in [-0.3, -0.25) is 0 Å². The van der Waals surface area contributed by atoms with Crippen LogP contribution >= 0.6 is 0 Å². The van der Waals surface area contributed by atoms with Crippen LogP contribution in [0.25, 0.3) is 0 Å². The second-order valence-corrected chi connectivity index (χ2v) is 1.72. The van der Waals surface area contributed by atoms with E-state index in [1.54, 1.807) is 0 Å². The Labute approximate surface area is 54.7 Å². The van der Waals surface area contributed by atoms with Crippen LogP contribution in [0.1, 0.15) is 0 Å². The average molecular weight is 288 g/mol. The van der Waals surface area contributed by atoms with Gasteiger partial charge in [-0.05, 0) is 0 Å². The summed E-state index contributed by atoms with van der Waals surface area (Å²) in [4.78, 5) is 0. The van der Waals surface area contributed by atoms with Gasteiger partial charge in [-0.25, -0.2) is 0 Å². The Kier molecular flexibility index (Phi) is 5.19. The zero-order chi connectivity index (χ0) is 5.70. The molecule has 0 aliphatic rings. The number of aliphatic hydroxyl groups is 2. The maximum absolute atomic E-state index is 8.47. The summed E-state index contributed by atoms with van der Waals surface area (Å²) in [5.74, 6) is 0. The van der Waals surface area contributed by atoms with Crippen LogP contribution in [-0.4, -0.2) is 29.5 Å². The summed E-state index contributed by atoms with van der Waals surface area (Å²) in [6, 6.07) is 0. The van der Waals surface area contributed by atoms with Crippen molar-refractivity contribution in [3.05, 3.63) is 0 Å². The van der Waals surface area contributed by atoms with Gasteiger partial charge in [-0.1, -0.05) is 0 Å². The molecular weight excluding hydrogens is 281 g/mol. The van der Waals surface area contributed by atoms with Gasteiger partial charge in [-0.15, -0.1) is 0 Å². The van der Waals surface area contributed by atoms with Crippen molar-refractivity contribution in [2.24, 2.45) is 0 Å². The fraction of sp³-hybridized carbons (Fsp3) is 1.00. The van der Waals surface area contributed by atoms with E-state index in [0.717, 1.165) is 0 Å². The predicted molar refractivity (Wildman–Crippen MR) is 19.0 cm³/mol. The minimum atomic E-state index is -0.731. The van der Waals surface area contributed by atoms with Crippen LogP contribution in [0.2, 0.25) is 0 Å². The molecule has 0 aliphatic heterocycles. The van der Waals surface area contributed by atoms with Crippen LogP contribution in [0.4, 0.5) is 0 Å². The van der Waals surface area contributed by atoms with Crippen molar-refractivity contribution in [2.45, 2.75) is 6.10 Å². The SMILES string of the molecule is OCC(O)C[O][Au]. The maximum atomic E-state index is 8.47. The molecule has 48 valence electrons. The second kappa shape index (κ2) is 4.77. The Morgan fingerprint density at radius 2 is 2.29 bits per heavy atom. The third-order valence-corrected chi connectivity index (χ3v) is 0.814. The standard InChI is InChI=1S/C3H7O3.Au/c4-1-3(6)2-5;/h3-4,6H,1-2H2;/q-1;+1. The second-order valence-electron chi connectivity index (χ2n) is 1.09. The third-order valence-electron chi connectivity index (χ3n) is 0.453. The zero-order valence-electron chi connectivity index (χ0n) is 3.60. The summed E-state index contributed by atoms with van der Waals surface area (Å²) in [5, 5.41) is 16.6. The van der Waals surface area contributed by atoms with Crippen molar-refractivity contribution >= 4 is 0 Å². The molecule has 4 heteroatoms. The normalized spacial score (nSPS) is 14.3. The van der Waals surface area contributed by atoms with Gasteiger partial charge in [0.15, 0.2) is 0 Å². The van der Waals surface area contributed by atoms with Crippen molar-refractivity contribution in [3.63, 3.8) is 0 Å². The van der Waals surface area contributed by atoms with E-state index in [4.69, 9.17) is 10.2 Å². The van der Waals surface area contributed by atoms with E-state index < -0.39 is 6.10 Å². The molecule has 1 atom stereocenters. The first-order chi connectivity index (χ1) is 3.31. The molecule has 7 heavy (non-hydrogen) atoms. The molecule has 0 heterocycles. The predicted octanol–water partition coefficient (Wildman–Crippen LogP) is -1.18. The minimum absolute atomic E-state index is 0.180.